The number of nitrogens with zero attached hydrogens (tertiary/aromatic N) is 1. The zero-order chi connectivity index (χ0) is 12.8. The van der Waals surface area contributed by atoms with Gasteiger partial charge in [0.2, 0.25) is 0 Å². The van der Waals surface area contributed by atoms with Gasteiger partial charge in [0.05, 0.1) is 10.7 Å². The third-order valence-electron chi connectivity index (χ3n) is 2.58. The maximum atomic E-state index is 5.64. The topological polar surface area (TPSA) is 38.9 Å². The molecule has 0 amide bonds. The summed E-state index contributed by atoms with van der Waals surface area (Å²) in [5, 5.41) is 3.42. The highest BCUT2D eigenvalue weighted by atomic mass is 32.2. The molecule has 0 aliphatic rings. The van der Waals surface area contributed by atoms with Gasteiger partial charge in [0.25, 0.3) is 0 Å². The van der Waals surface area contributed by atoms with Gasteiger partial charge >= 0.3 is 0 Å². The number of hydrogen-bond donors (Lipinski definition) is 1. The first-order valence-electron chi connectivity index (χ1n) is 6.17. The number of hydrogen-bond acceptors (Lipinski definition) is 4. The number of rotatable bonds is 6. The predicted molar refractivity (Wildman–Crippen MR) is 80.0 cm³/mol. The van der Waals surface area contributed by atoms with Crippen molar-refractivity contribution in [2.45, 2.75) is 37.0 Å². The molecule has 4 heteroatoms. The molecule has 0 radical (unpaired) electrons. The van der Waals surface area contributed by atoms with Crippen LogP contribution in [-0.4, -0.2) is 4.98 Å². The van der Waals surface area contributed by atoms with Gasteiger partial charge in [0, 0.05) is 22.6 Å². The molecule has 0 spiro atoms. The normalized spacial score (nSPS) is 10.8. The number of aromatic nitrogens is 1. The van der Waals surface area contributed by atoms with Gasteiger partial charge < -0.3 is 5.73 Å². The highest BCUT2D eigenvalue weighted by molar-refractivity contribution is 7.98. The third kappa shape index (κ3) is 3.83. The molecular weight excluding hydrogens is 260 g/mol. The number of nitrogens with two attached hydrogens (primary N) is 1. The molecule has 0 saturated carbocycles. The van der Waals surface area contributed by atoms with Gasteiger partial charge in [0.15, 0.2) is 0 Å². The molecule has 18 heavy (non-hydrogen) atoms. The van der Waals surface area contributed by atoms with Gasteiger partial charge in [-0.05, 0) is 30.5 Å². The minimum absolute atomic E-state index is 0.603. The molecule has 2 N–H and O–H groups in total. The van der Waals surface area contributed by atoms with E-state index in [4.69, 9.17) is 5.73 Å². The predicted octanol–water partition coefficient (Wildman–Crippen LogP) is 3.85. The Bertz CT molecular complexity index is 494. The van der Waals surface area contributed by atoms with Crippen LogP contribution in [0.3, 0.4) is 0 Å². The van der Waals surface area contributed by atoms with E-state index >= 15 is 0 Å². The van der Waals surface area contributed by atoms with E-state index in [9.17, 15) is 0 Å². The first-order valence-corrected chi connectivity index (χ1v) is 8.03. The Labute approximate surface area is 117 Å². The summed E-state index contributed by atoms with van der Waals surface area (Å²) in [5.74, 6) is 0.939. The van der Waals surface area contributed by atoms with Gasteiger partial charge in [-0.1, -0.05) is 19.1 Å². The maximum Gasteiger partial charge on any atom is 0.0928 e. The Balaban J connectivity index is 1.93. The van der Waals surface area contributed by atoms with E-state index in [1.54, 1.807) is 11.3 Å². The Kier molecular flexibility index (Phi) is 5.23. The summed E-state index contributed by atoms with van der Waals surface area (Å²) in [4.78, 5) is 5.90. The summed E-state index contributed by atoms with van der Waals surface area (Å²) >= 11 is 3.60. The molecule has 0 aliphatic heterocycles. The van der Waals surface area contributed by atoms with Crippen molar-refractivity contribution >= 4 is 23.1 Å². The Morgan fingerprint density at radius 3 is 3.06 bits per heavy atom. The van der Waals surface area contributed by atoms with Crippen LogP contribution in [0, 0.1) is 0 Å². The first-order chi connectivity index (χ1) is 8.81. The van der Waals surface area contributed by atoms with Crippen LogP contribution in [0.4, 0.5) is 0 Å². The number of aryl methyl sites for hydroxylation is 1. The molecule has 2 nitrogen and oxygen atoms in total. The lowest BCUT2D eigenvalue weighted by Crippen LogP contribution is -1.95. The molecule has 0 atom stereocenters. The fraction of sp³-hybridized carbons (Fsp3) is 0.357. The van der Waals surface area contributed by atoms with E-state index in [2.05, 4.69) is 41.6 Å². The van der Waals surface area contributed by atoms with Gasteiger partial charge in [-0.2, -0.15) is 0 Å². The molecule has 96 valence electrons. The Morgan fingerprint density at radius 1 is 1.39 bits per heavy atom. The van der Waals surface area contributed by atoms with Crippen molar-refractivity contribution < 1.29 is 0 Å². The molecule has 2 aromatic rings. The van der Waals surface area contributed by atoms with Crippen LogP contribution in [0.15, 0.2) is 34.5 Å². The van der Waals surface area contributed by atoms with Gasteiger partial charge in [0.1, 0.15) is 0 Å². The summed E-state index contributed by atoms with van der Waals surface area (Å²) < 4.78 is 0. The minimum atomic E-state index is 0.603. The van der Waals surface area contributed by atoms with E-state index in [-0.39, 0.29) is 0 Å². The van der Waals surface area contributed by atoms with Gasteiger partial charge in [-0.3, -0.25) is 0 Å². The number of thioether (sulfide) groups is 1. The van der Waals surface area contributed by atoms with Crippen LogP contribution in [0.1, 0.15) is 29.6 Å². The second-order valence-electron chi connectivity index (χ2n) is 4.12. The third-order valence-corrected chi connectivity index (χ3v) is 4.57. The van der Waals surface area contributed by atoms with E-state index in [0.717, 1.165) is 12.2 Å². The maximum absolute atomic E-state index is 5.64. The molecule has 0 unspecified atom stereocenters. The van der Waals surface area contributed by atoms with Gasteiger partial charge in [-0.15, -0.1) is 23.1 Å². The van der Waals surface area contributed by atoms with Crippen molar-refractivity contribution in [1.82, 2.24) is 4.98 Å². The molecule has 0 bridgehead atoms. The zero-order valence-electron chi connectivity index (χ0n) is 10.6. The Morgan fingerprint density at radius 2 is 2.28 bits per heavy atom. The second-order valence-corrected chi connectivity index (χ2v) is 6.11. The molecule has 1 aromatic carbocycles. The summed E-state index contributed by atoms with van der Waals surface area (Å²) in [5.41, 5.74) is 8.01. The summed E-state index contributed by atoms with van der Waals surface area (Å²) in [7, 11) is 0. The molecule has 0 saturated heterocycles. The van der Waals surface area contributed by atoms with Crippen LogP contribution in [-0.2, 0) is 18.7 Å². The minimum Gasteiger partial charge on any atom is -0.326 e. The number of thiazole rings is 1. The van der Waals surface area contributed by atoms with Crippen molar-refractivity contribution in [2.24, 2.45) is 5.73 Å². The van der Waals surface area contributed by atoms with Crippen molar-refractivity contribution in [2.75, 3.05) is 0 Å². The standard InChI is InChI=1S/C14H18N2S2/c1-2-4-14-16-12(10-18-14)9-17-13-6-3-5-11(7-13)8-15/h3,5-7,10H,2,4,8-9,15H2,1H3. The first kappa shape index (κ1) is 13.6. The Hall–Kier alpha value is -0.840. The lowest BCUT2D eigenvalue weighted by Gasteiger charge is -2.02. The second kappa shape index (κ2) is 6.92. The van der Waals surface area contributed by atoms with Crippen molar-refractivity contribution in [3.05, 3.63) is 45.9 Å². The van der Waals surface area contributed by atoms with Gasteiger partial charge in [-0.25, -0.2) is 4.98 Å². The van der Waals surface area contributed by atoms with Crippen molar-refractivity contribution in [1.29, 1.82) is 0 Å². The fourth-order valence-electron chi connectivity index (χ4n) is 1.66. The summed E-state index contributed by atoms with van der Waals surface area (Å²) in [6.07, 6.45) is 2.26. The quantitative estimate of drug-likeness (QED) is 0.816. The highest BCUT2D eigenvalue weighted by Gasteiger charge is 2.02. The molecule has 0 fully saturated rings. The van der Waals surface area contributed by atoms with E-state index in [1.165, 1.54) is 27.6 Å². The number of benzene rings is 1. The average Bonchev–Trinajstić information content (AvgIpc) is 2.85. The summed E-state index contributed by atoms with van der Waals surface area (Å²) in [6, 6.07) is 8.41. The highest BCUT2D eigenvalue weighted by Crippen LogP contribution is 2.24. The van der Waals surface area contributed by atoms with E-state index in [1.807, 2.05) is 11.8 Å². The molecule has 1 aromatic heterocycles. The molecule has 2 rings (SSSR count). The SMILES string of the molecule is CCCc1nc(CSc2cccc(CN)c2)cs1. The summed E-state index contributed by atoms with van der Waals surface area (Å²) in [6.45, 7) is 2.79. The van der Waals surface area contributed by atoms with Crippen LogP contribution in [0.5, 0.6) is 0 Å². The van der Waals surface area contributed by atoms with E-state index < -0.39 is 0 Å². The lowest BCUT2D eigenvalue weighted by molar-refractivity contribution is 0.902. The van der Waals surface area contributed by atoms with Crippen LogP contribution < -0.4 is 5.73 Å². The van der Waals surface area contributed by atoms with Crippen LogP contribution in [0.25, 0.3) is 0 Å². The van der Waals surface area contributed by atoms with Crippen molar-refractivity contribution in [3.8, 4) is 0 Å². The molecular formula is C14H18N2S2. The van der Waals surface area contributed by atoms with Crippen LogP contribution in [0.2, 0.25) is 0 Å². The smallest absolute Gasteiger partial charge is 0.0928 e. The molecule has 1 heterocycles. The largest absolute Gasteiger partial charge is 0.326 e. The average molecular weight is 278 g/mol. The monoisotopic (exact) mass is 278 g/mol. The van der Waals surface area contributed by atoms with Crippen molar-refractivity contribution in [3.63, 3.8) is 0 Å². The van der Waals surface area contributed by atoms with E-state index in [0.29, 0.717) is 6.54 Å². The van der Waals surface area contributed by atoms with Crippen LogP contribution >= 0.6 is 23.1 Å². The fourth-order valence-corrected chi connectivity index (χ4v) is 3.54. The zero-order valence-corrected chi connectivity index (χ0v) is 12.2. The molecule has 0 aliphatic carbocycles. The lowest BCUT2D eigenvalue weighted by atomic mass is 10.2.